The first kappa shape index (κ1) is 15.4. The van der Waals surface area contributed by atoms with Gasteiger partial charge in [-0.2, -0.15) is 0 Å². The van der Waals surface area contributed by atoms with Gasteiger partial charge in [-0.3, -0.25) is 10.2 Å². The molecule has 1 N–H and O–H groups in total. The van der Waals surface area contributed by atoms with Crippen molar-refractivity contribution in [1.29, 1.82) is 0 Å². The summed E-state index contributed by atoms with van der Waals surface area (Å²) >= 11 is 5.78. The fourth-order valence-corrected chi connectivity index (χ4v) is 2.37. The van der Waals surface area contributed by atoms with Crippen molar-refractivity contribution in [3.8, 4) is 5.75 Å². The van der Waals surface area contributed by atoms with Crippen molar-refractivity contribution in [2.75, 3.05) is 11.9 Å². The van der Waals surface area contributed by atoms with Crippen LogP contribution in [0, 0.1) is 0 Å². The molecule has 3 rings (SSSR count). The molecule has 2 aromatic rings. The topological polar surface area (TPSA) is 59.9 Å². The number of fused-ring (bicyclic) bond motifs is 1. The molecule has 0 radical (unpaired) electrons. The second-order valence-electron chi connectivity index (χ2n) is 5.11. The first-order valence-electron chi connectivity index (χ1n) is 7.16. The van der Waals surface area contributed by atoms with Gasteiger partial charge in [-0.05, 0) is 60.5 Å². The van der Waals surface area contributed by atoms with E-state index in [0.29, 0.717) is 23.0 Å². The van der Waals surface area contributed by atoms with Gasteiger partial charge in [0.2, 0.25) is 0 Å². The van der Waals surface area contributed by atoms with Crippen LogP contribution in [0.3, 0.4) is 0 Å². The summed E-state index contributed by atoms with van der Waals surface area (Å²) in [5.41, 5.74) is 3.24. The Kier molecular flexibility index (Phi) is 4.48. The van der Waals surface area contributed by atoms with Crippen molar-refractivity contribution < 1.29 is 14.4 Å². The average molecular weight is 331 g/mol. The van der Waals surface area contributed by atoms with Gasteiger partial charge in [0.15, 0.2) is 0 Å². The van der Waals surface area contributed by atoms with E-state index in [-0.39, 0.29) is 0 Å². The van der Waals surface area contributed by atoms with E-state index in [1.54, 1.807) is 31.2 Å². The van der Waals surface area contributed by atoms with Crippen LogP contribution in [0.2, 0.25) is 5.02 Å². The van der Waals surface area contributed by atoms with E-state index in [2.05, 4.69) is 10.5 Å². The lowest BCUT2D eigenvalue weighted by molar-refractivity contribution is 0.166. The highest BCUT2D eigenvalue weighted by atomic mass is 35.5. The quantitative estimate of drug-likeness (QED) is 0.520. The summed E-state index contributed by atoms with van der Waals surface area (Å²) in [4.78, 5) is 16.6. The Balaban J connectivity index is 1.62. The summed E-state index contributed by atoms with van der Waals surface area (Å²) in [5, 5.41) is 7.04. The van der Waals surface area contributed by atoms with Crippen LogP contribution < -0.4 is 10.1 Å². The summed E-state index contributed by atoms with van der Waals surface area (Å²) in [6.07, 6.45) is 0.227. The molecule has 1 heterocycles. The third kappa shape index (κ3) is 3.81. The molecule has 0 aromatic heterocycles. The Morgan fingerprint density at radius 3 is 2.83 bits per heavy atom. The standard InChI is InChI=1S/C17H15ClN2O3/c1-11(12-2-7-16-13(10-12)8-9-22-16)20-23-17(21)19-15-5-3-14(18)4-6-15/h2-7,10H,8-9H2,1H3,(H,19,21). The summed E-state index contributed by atoms with van der Waals surface area (Å²) < 4.78 is 5.46. The first-order valence-corrected chi connectivity index (χ1v) is 7.54. The highest BCUT2D eigenvalue weighted by Gasteiger charge is 2.13. The predicted molar refractivity (Wildman–Crippen MR) is 89.4 cm³/mol. The van der Waals surface area contributed by atoms with Crippen LogP contribution in [0.5, 0.6) is 5.75 Å². The maximum Gasteiger partial charge on any atom is 0.437 e. The van der Waals surface area contributed by atoms with Crippen LogP contribution in [0.4, 0.5) is 10.5 Å². The van der Waals surface area contributed by atoms with Crippen LogP contribution in [-0.2, 0) is 11.3 Å². The van der Waals surface area contributed by atoms with E-state index < -0.39 is 6.09 Å². The lowest BCUT2D eigenvalue weighted by Crippen LogP contribution is -2.11. The van der Waals surface area contributed by atoms with Gasteiger partial charge in [-0.1, -0.05) is 16.8 Å². The van der Waals surface area contributed by atoms with Crippen molar-refractivity contribution in [3.63, 3.8) is 0 Å². The van der Waals surface area contributed by atoms with Gasteiger partial charge >= 0.3 is 6.09 Å². The number of nitrogens with zero attached hydrogens (tertiary/aromatic N) is 1. The molecule has 0 fully saturated rings. The number of amides is 1. The molecule has 0 atom stereocenters. The minimum Gasteiger partial charge on any atom is -0.493 e. The van der Waals surface area contributed by atoms with Crippen molar-refractivity contribution in [3.05, 3.63) is 58.6 Å². The number of hydrogen-bond acceptors (Lipinski definition) is 4. The van der Waals surface area contributed by atoms with E-state index in [1.165, 1.54) is 0 Å². The number of rotatable bonds is 3. The molecule has 5 nitrogen and oxygen atoms in total. The molecular formula is C17H15ClN2O3. The van der Waals surface area contributed by atoms with Gasteiger partial charge in [-0.15, -0.1) is 0 Å². The number of ether oxygens (including phenoxy) is 1. The number of oxime groups is 1. The second-order valence-corrected chi connectivity index (χ2v) is 5.54. The molecule has 1 amide bonds. The first-order chi connectivity index (χ1) is 11.1. The maximum absolute atomic E-state index is 11.7. The third-order valence-corrected chi connectivity index (χ3v) is 3.72. The number of carbonyl (C=O) groups is 1. The predicted octanol–water partition coefficient (Wildman–Crippen LogP) is 4.25. The molecule has 0 unspecified atom stereocenters. The molecule has 2 aromatic carbocycles. The minimum atomic E-state index is -0.656. The molecule has 1 aliphatic rings. The van der Waals surface area contributed by atoms with Crippen LogP contribution in [0.15, 0.2) is 47.6 Å². The number of carbonyl (C=O) groups excluding carboxylic acids is 1. The molecule has 23 heavy (non-hydrogen) atoms. The summed E-state index contributed by atoms with van der Waals surface area (Å²) in [6, 6.07) is 12.5. The Morgan fingerprint density at radius 2 is 2.04 bits per heavy atom. The lowest BCUT2D eigenvalue weighted by Gasteiger charge is -2.05. The highest BCUT2D eigenvalue weighted by Crippen LogP contribution is 2.26. The lowest BCUT2D eigenvalue weighted by atomic mass is 10.1. The van der Waals surface area contributed by atoms with Gasteiger partial charge in [0, 0.05) is 17.1 Å². The van der Waals surface area contributed by atoms with E-state index in [9.17, 15) is 4.79 Å². The summed E-state index contributed by atoms with van der Waals surface area (Å²) in [7, 11) is 0. The minimum absolute atomic E-state index is 0.585. The number of nitrogens with one attached hydrogen (secondary N) is 1. The average Bonchev–Trinajstić information content (AvgIpc) is 3.02. The summed E-state index contributed by atoms with van der Waals surface area (Å²) in [6.45, 7) is 2.49. The van der Waals surface area contributed by atoms with Crippen LogP contribution in [0.25, 0.3) is 0 Å². The number of halogens is 1. The van der Waals surface area contributed by atoms with Crippen molar-refractivity contribution in [2.45, 2.75) is 13.3 Å². The van der Waals surface area contributed by atoms with Crippen molar-refractivity contribution in [2.24, 2.45) is 5.16 Å². The number of anilines is 1. The fourth-order valence-electron chi connectivity index (χ4n) is 2.25. The van der Waals surface area contributed by atoms with E-state index >= 15 is 0 Å². The van der Waals surface area contributed by atoms with Gasteiger partial charge < -0.3 is 4.74 Å². The monoisotopic (exact) mass is 330 g/mol. The van der Waals surface area contributed by atoms with Crippen LogP contribution >= 0.6 is 11.6 Å². The highest BCUT2D eigenvalue weighted by molar-refractivity contribution is 6.30. The zero-order valence-corrected chi connectivity index (χ0v) is 13.3. The SMILES string of the molecule is CC(=NOC(=O)Nc1ccc(Cl)cc1)c1ccc2c(c1)CCO2. The van der Waals surface area contributed by atoms with E-state index in [1.807, 2.05) is 18.2 Å². The molecular weight excluding hydrogens is 316 g/mol. The number of hydrogen-bond donors (Lipinski definition) is 1. The van der Waals surface area contributed by atoms with Crippen molar-refractivity contribution >= 4 is 29.1 Å². The van der Waals surface area contributed by atoms with Crippen molar-refractivity contribution in [1.82, 2.24) is 0 Å². The zero-order valence-electron chi connectivity index (χ0n) is 12.5. The third-order valence-electron chi connectivity index (χ3n) is 3.46. The smallest absolute Gasteiger partial charge is 0.437 e. The molecule has 0 saturated carbocycles. The van der Waals surface area contributed by atoms with Gasteiger partial charge in [0.1, 0.15) is 5.75 Å². The summed E-state index contributed by atoms with van der Waals surface area (Å²) in [5.74, 6) is 0.906. The van der Waals surface area contributed by atoms with Gasteiger partial charge in [0.05, 0.1) is 12.3 Å². The zero-order chi connectivity index (χ0) is 16.2. The second kappa shape index (κ2) is 6.71. The van der Waals surface area contributed by atoms with Crippen LogP contribution in [-0.4, -0.2) is 18.4 Å². The Labute approximate surface area is 138 Å². The molecule has 0 saturated heterocycles. The Bertz CT molecular complexity index is 757. The Morgan fingerprint density at radius 1 is 1.26 bits per heavy atom. The normalized spacial score (nSPS) is 13.2. The molecule has 6 heteroatoms. The maximum atomic E-state index is 11.7. The molecule has 0 bridgehead atoms. The molecule has 1 aliphatic heterocycles. The number of benzene rings is 2. The fraction of sp³-hybridized carbons (Fsp3) is 0.176. The largest absolute Gasteiger partial charge is 0.493 e. The van der Waals surface area contributed by atoms with Gasteiger partial charge in [0.25, 0.3) is 0 Å². The van der Waals surface area contributed by atoms with Gasteiger partial charge in [-0.25, -0.2) is 4.79 Å². The molecule has 0 spiro atoms. The van der Waals surface area contributed by atoms with Crippen LogP contribution in [0.1, 0.15) is 18.1 Å². The van der Waals surface area contributed by atoms with E-state index in [4.69, 9.17) is 21.2 Å². The molecule has 118 valence electrons. The van der Waals surface area contributed by atoms with E-state index in [0.717, 1.165) is 23.3 Å². The Hall–Kier alpha value is -2.53. The molecule has 0 aliphatic carbocycles.